The molecule has 0 aliphatic rings. The Morgan fingerprint density at radius 2 is 1.15 bits per heavy atom. The molecule has 114 valence electrons. The number of hydrogen-bond acceptors (Lipinski definition) is 2. The minimum Gasteiger partial charge on any atom is -0.398 e. The van der Waals surface area contributed by atoms with Crippen molar-refractivity contribution in [2.75, 3.05) is 11.5 Å². The highest BCUT2D eigenvalue weighted by atomic mass is 14.6. The molecule has 2 heteroatoms. The predicted molar refractivity (Wildman–Crippen MR) is 90.8 cm³/mol. The molecule has 1 rings (SSSR count). The molecule has 0 spiro atoms. The van der Waals surface area contributed by atoms with Crippen molar-refractivity contribution in [2.45, 2.75) is 77.6 Å². The summed E-state index contributed by atoms with van der Waals surface area (Å²) in [5.41, 5.74) is 14.8. The van der Waals surface area contributed by atoms with Gasteiger partial charge in [-0.2, -0.15) is 0 Å². The summed E-state index contributed by atoms with van der Waals surface area (Å²) in [7, 11) is 0. The van der Waals surface area contributed by atoms with Gasteiger partial charge in [-0.1, -0.05) is 70.8 Å². The minimum absolute atomic E-state index is 0.848. The average molecular weight is 276 g/mol. The van der Waals surface area contributed by atoms with Gasteiger partial charge in [0.15, 0.2) is 0 Å². The molecule has 0 unspecified atom stereocenters. The molecule has 0 radical (unpaired) electrons. The molecule has 0 bridgehead atoms. The van der Waals surface area contributed by atoms with Crippen molar-refractivity contribution in [2.24, 2.45) is 0 Å². The molecule has 0 aliphatic carbocycles. The zero-order valence-corrected chi connectivity index (χ0v) is 13.2. The monoisotopic (exact) mass is 276 g/mol. The van der Waals surface area contributed by atoms with Gasteiger partial charge in [-0.15, -0.1) is 0 Å². The van der Waals surface area contributed by atoms with Crippen LogP contribution in [0.3, 0.4) is 0 Å². The third-order valence-corrected chi connectivity index (χ3v) is 4.03. The van der Waals surface area contributed by atoms with Crippen molar-refractivity contribution in [1.29, 1.82) is 0 Å². The van der Waals surface area contributed by atoms with E-state index in [1.165, 1.54) is 64.2 Å². The smallest absolute Gasteiger partial charge is 0.0367 e. The number of anilines is 2. The van der Waals surface area contributed by atoms with Crippen LogP contribution in [-0.4, -0.2) is 0 Å². The fourth-order valence-electron chi connectivity index (χ4n) is 2.70. The van der Waals surface area contributed by atoms with Crippen LogP contribution in [0.5, 0.6) is 0 Å². The van der Waals surface area contributed by atoms with Crippen molar-refractivity contribution in [3.63, 3.8) is 0 Å². The maximum absolute atomic E-state index is 5.96. The topological polar surface area (TPSA) is 52.0 Å². The zero-order chi connectivity index (χ0) is 14.6. The van der Waals surface area contributed by atoms with E-state index in [2.05, 4.69) is 6.92 Å². The van der Waals surface area contributed by atoms with E-state index < -0.39 is 0 Å². The highest BCUT2D eigenvalue weighted by Crippen LogP contribution is 2.22. The average Bonchev–Trinajstić information content (AvgIpc) is 2.43. The Morgan fingerprint density at radius 3 is 1.65 bits per heavy atom. The Bertz CT molecular complexity index is 340. The lowest BCUT2D eigenvalue weighted by molar-refractivity contribution is 0.556. The summed E-state index contributed by atoms with van der Waals surface area (Å²) < 4.78 is 0. The SMILES string of the molecule is CCCCCCCCCCCCc1c(N)cccc1N. The van der Waals surface area contributed by atoms with Crippen LogP contribution in [0.4, 0.5) is 11.4 Å². The molecule has 0 aromatic heterocycles. The van der Waals surface area contributed by atoms with E-state index >= 15 is 0 Å². The largest absolute Gasteiger partial charge is 0.398 e. The Balaban J connectivity index is 2.00. The molecular weight excluding hydrogens is 244 g/mol. The number of nitrogen functional groups attached to an aromatic ring is 2. The molecule has 20 heavy (non-hydrogen) atoms. The number of nitrogens with two attached hydrogens (primary N) is 2. The van der Waals surface area contributed by atoms with E-state index in [1.54, 1.807) is 0 Å². The van der Waals surface area contributed by atoms with E-state index in [0.717, 1.165) is 23.4 Å². The van der Waals surface area contributed by atoms with Gasteiger partial charge in [0.2, 0.25) is 0 Å². The van der Waals surface area contributed by atoms with Gasteiger partial charge in [-0.05, 0) is 30.5 Å². The van der Waals surface area contributed by atoms with Crippen molar-refractivity contribution in [1.82, 2.24) is 0 Å². The Hall–Kier alpha value is -1.18. The summed E-state index contributed by atoms with van der Waals surface area (Å²) >= 11 is 0. The van der Waals surface area contributed by atoms with E-state index in [-0.39, 0.29) is 0 Å². The van der Waals surface area contributed by atoms with E-state index in [4.69, 9.17) is 11.5 Å². The third kappa shape index (κ3) is 6.83. The lowest BCUT2D eigenvalue weighted by Crippen LogP contribution is -2.00. The van der Waals surface area contributed by atoms with Crippen molar-refractivity contribution in [3.8, 4) is 0 Å². The number of hydrogen-bond donors (Lipinski definition) is 2. The van der Waals surface area contributed by atoms with Crippen molar-refractivity contribution < 1.29 is 0 Å². The Kier molecular flexibility index (Phi) is 8.93. The second kappa shape index (κ2) is 10.6. The first-order valence-corrected chi connectivity index (χ1v) is 8.38. The van der Waals surface area contributed by atoms with Gasteiger partial charge in [0.25, 0.3) is 0 Å². The lowest BCUT2D eigenvalue weighted by atomic mass is 10.0. The van der Waals surface area contributed by atoms with Gasteiger partial charge < -0.3 is 11.5 Å². The first-order valence-electron chi connectivity index (χ1n) is 8.38. The quantitative estimate of drug-likeness (QED) is 0.425. The summed E-state index contributed by atoms with van der Waals surface area (Å²) in [6.07, 6.45) is 14.6. The van der Waals surface area contributed by atoms with Crippen LogP contribution in [-0.2, 0) is 6.42 Å². The minimum atomic E-state index is 0.848. The van der Waals surface area contributed by atoms with Crippen LogP contribution in [0, 0.1) is 0 Å². The number of benzene rings is 1. The normalized spacial score (nSPS) is 10.8. The van der Waals surface area contributed by atoms with Gasteiger partial charge in [-0.25, -0.2) is 0 Å². The second-order valence-corrected chi connectivity index (χ2v) is 5.85. The van der Waals surface area contributed by atoms with Crippen LogP contribution in [0.2, 0.25) is 0 Å². The van der Waals surface area contributed by atoms with E-state index in [0.29, 0.717) is 0 Å². The third-order valence-electron chi connectivity index (χ3n) is 4.03. The fraction of sp³-hybridized carbons (Fsp3) is 0.667. The first-order chi connectivity index (χ1) is 9.75. The molecular formula is C18H32N2. The van der Waals surface area contributed by atoms with Crippen LogP contribution in [0.1, 0.15) is 76.7 Å². The van der Waals surface area contributed by atoms with Gasteiger partial charge in [-0.3, -0.25) is 0 Å². The molecule has 0 heterocycles. The van der Waals surface area contributed by atoms with Gasteiger partial charge in [0, 0.05) is 11.4 Å². The molecule has 4 N–H and O–H groups in total. The van der Waals surface area contributed by atoms with Crippen LogP contribution in [0.15, 0.2) is 18.2 Å². The van der Waals surface area contributed by atoms with Gasteiger partial charge in [0.1, 0.15) is 0 Å². The fourth-order valence-corrected chi connectivity index (χ4v) is 2.70. The molecule has 0 amide bonds. The summed E-state index contributed by atoms with van der Waals surface area (Å²) in [4.78, 5) is 0. The van der Waals surface area contributed by atoms with Crippen LogP contribution >= 0.6 is 0 Å². The summed E-state index contributed by atoms with van der Waals surface area (Å²) in [6, 6.07) is 5.82. The zero-order valence-electron chi connectivity index (χ0n) is 13.2. The number of rotatable bonds is 11. The second-order valence-electron chi connectivity index (χ2n) is 5.85. The molecule has 0 atom stereocenters. The van der Waals surface area contributed by atoms with E-state index in [9.17, 15) is 0 Å². The molecule has 0 fully saturated rings. The van der Waals surface area contributed by atoms with Gasteiger partial charge >= 0.3 is 0 Å². The van der Waals surface area contributed by atoms with E-state index in [1.807, 2.05) is 18.2 Å². The van der Waals surface area contributed by atoms with Crippen molar-refractivity contribution in [3.05, 3.63) is 23.8 Å². The molecule has 1 aromatic rings. The molecule has 2 nitrogen and oxygen atoms in total. The molecule has 0 saturated carbocycles. The highest BCUT2D eigenvalue weighted by molar-refractivity contribution is 5.61. The molecule has 0 aliphatic heterocycles. The first kappa shape index (κ1) is 16.9. The Labute approximate surface area is 124 Å². The maximum Gasteiger partial charge on any atom is 0.0367 e. The lowest BCUT2D eigenvalue weighted by Gasteiger charge is -2.08. The summed E-state index contributed by atoms with van der Waals surface area (Å²) in [5.74, 6) is 0. The molecule has 0 saturated heterocycles. The van der Waals surface area contributed by atoms with Crippen LogP contribution in [0.25, 0.3) is 0 Å². The number of unbranched alkanes of at least 4 members (excludes halogenated alkanes) is 9. The summed E-state index contributed by atoms with van der Waals surface area (Å²) in [5, 5.41) is 0. The highest BCUT2D eigenvalue weighted by Gasteiger charge is 2.02. The summed E-state index contributed by atoms with van der Waals surface area (Å²) in [6.45, 7) is 2.27. The standard InChI is InChI=1S/C18H32N2/c1-2-3-4-5-6-7-8-9-10-11-13-16-17(19)14-12-15-18(16)20/h12,14-15H,2-11,13,19-20H2,1H3. The van der Waals surface area contributed by atoms with Gasteiger partial charge in [0.05, 0.1) is 0 Å². The van der Waals surface area contributed by atoms with Crippen LogP contribution < -0.4 is 11.5 Å². The maximum atomic E-state index is 5.96. The molecule has 1 aromatic carbocycles. The van der Waals surface area contributed by atoms with Crippen molar-refractivity contribution >= 4 is 11.4 Å². The predicted octanol–water partition coefficient (Wildman–Crippen LogP) is 5.31. The Morgan fingerprint density at radius 1 is 0.700 bits per heavy atom.